The van der Waals surface area contributed by atoms with Gasteiger partial charge in [0.1, 0.15) is 0 Å². The molecule has 0 N–H and O–H groups in total. The van der Waals surface area contributed by atoms with Gasteiger partial charge in [0, 0.05) is 25.0 Å². The lowest BCUT2D eigenvalue weighted by Gasteiger charge is -2.44. The van der Waals surface area contributed by atoms with Crippen molar-refractivity contribution in [1.29, 1.82) is 0 Å². The second kappa shape index (κ2) is 6.85. The zero-order valence-corrected chi connectivity index (χ0v) is 14.1. The number of aromatic nitrogens is 1. The van der Waals surface area contributed by atoms with Crippen LogP contribution in [0, 0.1) is 0 Å². The molecule has 0 saturated carbocycles. The van der Waals surface area contributed by atoms with Crippen molar-refractivity contribution in [2.45, 2.75) is 31.2 Å². The van der Waals surface area contributed by atoms with Gasteiger partial charge >= 0.3 is 6.18 Å². The topological polar surface area (TPSA) is 25.4 Å². The lowest BCUT2D eigenvalue weighted by molar-refractivity contribution is -0.137. The van der Waals surface area contributed by atoms with Gasteiger partial charge in [-0.25, -0.2) is 0 Å². The zero-order valence-electron chi connectivity index (χ0n) is 14.1. The van der Waals surface area contributed by atoms with Crippen LogP contribution in [0.3, 0.4) is 0 Å². The summed E-state index contributed by atoms with van der Waals surface area (Å²) in [5, 5.41) is 0. The number of fused-ring (bicyclic) bond motifs is 2. The van der Waals surface area contributed by atoms with Crippen molar-refractivity contribution in [1.82, 2.24) is 9.88 Å². The number of halogens is 3. The van der Waals surface area contributed by atoms with Crippen LogP contribution in [0.2, 0.25) is 0 Å². The van der Waals surface area contributed by atoms with Crippen molar-refractivity contribution in [3.8, 4) is 0 Å². The highest BCUT2D eigenvalue weighted by molar-refractivity contribution is 5.67. The Hall–Kier alpha value is -2.18. The molecule has 2 unspecified atom stereocenters. The molecule has 2 aromatic rings. The van der Waals surface area contributed by atoms with Crippen LogP contribution in [-0.4, -0.2) is 35.2 Å². The first-order valence-electron chi connectivity index (χ1n) is 8.61. The van der Waals surface area contributed by atoms with Gasteiger partial charge in [-0.3, -0.25) is 9.88 Å². The number of nitrogens with zero attached hydrogens (tertiary/aromatic N) is 2. The number of hydrogen-bond acceptors (Lipinski definition) is 3. The van der Waals surface area contributed by atoms with Crippen molar-refractivity contribution >= 4 is 5.57 Å². The molecular formula is C20H19F3N2O. The molecule has 1 saturated heterocycles. The average molecular weight is 360 g/mol. The van der Waals surface area contributed by atoms with E-state index in [4.69, 9.17) is 4.74 Å². The van der Waals surface area contributed by atoms with Crippen LogP contribution in [0.15, 0.2) is 54.9 Å². The molecule has 0 radical (unpaired) electrons. The Morgan fingerprint density at radius 1 is 1.12 bits per heavy atom. The quantitative estimate of drug-likeness (QED) is 0.822. The zero-order chi connectivity index (χ0) is 18.1. The first kappa shape index (κ1) is 17.2. The second-order valence-corrected chi connectivity index (χ2v) is 6.77. The van der Waals surface area contributed by atoms with Crippen molar-refractivity contribution in [3.05, 3.63) is 71.6 Å². The number of benzene rings is 1. The maximum Gasteiger partial charge on any atom is 0.417 e. The summed E-state index contributed by atoms with van der Waals surface area (Å²) in [7, 11) is 0. The highest BCUT2D eigenvalue weighted by atomic mass is 19.4. The lowest BCUT2D eigenvalue weighted by atomic mass is 9.89. The standard InChI is InChI=1S/C20H19F3N2O/c21-20(22,23)17-6-16(9-24-10-17)15-7-18-12-26-13-19(8-15)25(18)11-14-4-2-1-3-5-14/h1-7,9-10,18-19H,8,11-13H2. The molecule has 136 valence electrons. The summed E-state index contributed by atoms with van der Waals surface area (Å²) in [6.45, 7) is 1.95. The van der Waals surface area contributed by atoms with Crippen LogP contribution >= 0.6 is 0 Å². The smallest absolute Gasteiger partial charge is 0.378 e. The van der Waals surface area contributed by atoms with Crippen molar-refractivity contribution in [2.24, 2.45) is 0 Å². The van der Waals surface area contributed by atoms with Crippen LogP contribution in [0.1, 0.15) is 23.1 Å². The normalized spacial score (nSPS) is 23.6. The fraction of sp³-hybridized carbons (Fsp3) is 0.350. The van der Waals surface area contributed by atoms with E-state index in [9.17, 15) is 13.2 Å². The molecule has 6 heteroatoms. The molecule has 0 spiro atoms. The van der Waals surface area contributed by atoms with E-state index in [2.05, 4.69) is 22.0 Å². The van der Waals surface area contributed by atoms with Gasteiger partial charge in [-0.05, 0) is 29.2 Å². The molecule has 1 fully saturated rings. The van der Waals surface area contributed by atoms with Crippen LogP contribution in [0.25, 0.3) is 5.57 Å². The average Bonchev–Trinajstić information content (AvgIpc) is 2.62. The van der Waals surface area contributed by atoms with Gasteiger partial charge in [0.25, 0.3) is 0 Å². The minimum absolute atomic E-state index is 0.0623. The maximum absolute atomic E-state index is 13.0. The van der Waals surface area contributed by atoms with E-state index >= 15 is 0 Å². The Morgan fingerprint density at radius 3 is 2.65 bits per heavy atom. The van der Waals surface area contributed by atoms with Gasteiger partial charge in [-0.2, -0.15) is 13.2 Å². The van der Waals surface area contributed by atoms with E-state index in [0.29, 0.717) is 25.2 Å². The summed E-state index contributed by atoms with van der Waals surface area (Å²) >= 11 is 0. The summed E-state index contributed by atoms with van der Waals surface area (Å²) in [6, 6.07) is 11.6. The van der Waals surface area contributed by atoms with E-state index in [0.717, 1.165) is 18.3 Å². The number of pyridine rings is 1. The second-order valence-electron chi connectivity index (χ2n) is 6.77. The molecule has 0 aliphatic carbocycles. The Bertz CT molecular complexity index is 804. The minimum Gasteiger partial charge on any atom is -0.378 e. The highest BCUT2D eigenvalue weighted by Gasteiger charge is 2.36. The first-order valence-corrected chi connectivity index (χ1v) is 8.61. The van der Waals surface area contributed by atoms with E-state index in [1.54, 1.807) is 0 Å². The van der Waals surface area contributed by atoms with E-state index in [1.165, 1.54) is 17.8 Å². The molecule has 2 aliphatic rings. The monoisotopic (exact) mass is 360 g/mol. The summed E-state index contributed by atoms with van der Waals surface area (Å²) in [5.41, 5.74) is 1.99. The molecule has 2 aliphatic heterocycles. The predicted molar refractivity (Wildman–Crippen MR) is 92.2 cm³/mol. The van der Waals surface area contributed by atoms with Crippen LogP contribution in [0.5, 0.6) is 0 Å². The van der Waals surface area contributed by atoms with Crippen LogP contribution in [0.4, 0.5) is 13.2 Å². The molecule has 4 rings (SSSR count). The molecule has 26 heavy (non-hydrogen) atoms. The molecule has 3 heterocycles. The predicted octanol–water partition coefficient (Wildman–Crippen LogP) is 4.16. The maximum atomic E-state index is 13.0. The van der Waals surface area contributed by atoms with E-state index in [1.807, 2.05) is 24.3 Å². The molecule has 3 nitrogen and oxygen atoms in total. The van der Waals surface area contributed by atoms with Gasteiger partial charge in [-0.15, -0.1) is 0 Å². The van der Waals surface area contributed by atoms with Crippen molar-refractivity contribution in [3.63, 3.8) is 0 Å². The van der Waals surface area contributed by atoms with Crippen molar-refractivity contribution in [2.75, 3.05) is 13.2 Å². The third kappa shape index (κ3) is 3.52. The van der Waals surface area contributed by atoms with Crippen molar-refractivity contribution < 1.29 is 17.9 Å². The number of rotatable bonds is 3. The molecule has 2 atom stereocenters. The first-order chi connectivity index (χ1) is 12.5. The third-order valence-electron chi connectivity index (χ3n) is 4.99. The number of morpholine rings is 1. The van der Waals surface area contributed by atoms with Gasteiger partial charge in [0.05, 0.1) is 24.8 Å². The lowest BCUT2D eigenvalue weighted by Crippen LogP contribution is -2.53. The van der Waals surface area contributed by atoms with E-state index < -0.39 is 11.7 Å². The third-order valence-corrected chi connectivity index (χ3v) is 4.99. The largest absolute Gasteiger partial charge is 0.417 e. The Kier molecular flexibility index (Phi) is 4.54. The fourth-order valence-corrected chi connectivity index (χ4v) is 3.69. The summed E-state index contributed by atoms with van der Waals surface area (Å²) in [6.07, 6.45) is 0.710. The Balaban J connectivity index is 1.61. The number of alkyl halides is 3. The highest BCUT2D eigenvalue weighted by Crippen LogP contribution is 2.35. The molecule has 1 aromatic heterocycles. The van der Waals surface area contributed by atoms with Gasteiger partial charge < -0.3 is 4.74 Å². The van der Waals surface area contributed by atoms with Crippen LogP contribution in [-0.2, 0) is 17.5 Å². The van der Waals surface area contributed by atoms with E-state index in [-0.39, 0.29) is 12.1 Å². The van der Waals surface area contributed by atoms with Gasteiger partial charge in [-0.1, -0.05) is 36.4 Å². The molecule has 1 aromatic carbocycles. The summed E-state index contributed by atoms with van der Waals surface area (Å²) in [5.74, 6) is 0. The minimum atomic E-state index is -4.38. The van der Waals surface area contributed by atoms with Gasteiger partial charge in [0.2, 0.25) is 0 Å². The summed E-state index contributed by atoms with van der Waals surface area (Å²) < 4.78 is 44.6. The van der Waals surface area contributed by atoms with Crippen LogP contribution < -0.4 is 0 Å². The fourth-order valence-electron chi connectivity index (χ4n) is 3.69. The Labute approximate surface area is 150 Å². The molecular weight excluding hydrogens is 341 g/mol. The molecule has 0 amide bonds. The Morgan fingerprint density at radius 2 is 1.92 bits per heavy atom. The SMILES string of the molecule is FC(F)(F)c1cncc(C2=CC3COCC(C2)N3Cc2ccccc2)c1. The van der Waals surface area contributed by atoms with Gasteiger partial charge in [0.15, 0.2) is 0 Å². The number of ether oxygens (including phenoxy) is 1. The molecule has 2 bridgehead atoms. The summed E-state index contributed by atoms with van der Waals surface area (Å²) in [4.78, 5) is 6.18. The number of hydrogen-bond donors (Lipinski definition) is 0.